The number of hydrogen-bond acceptors (Lipinski definition) is 3. The lowest BCUT2D eigenvalue weighted by atomic mass is 9.98. The first kappa shape index (κ1) is 14.5. The van der Waals surface area contributed by atoms with E-state index in [9.17, 15) is 0 Å². The summed E-state index contributed by atoms with van der Waals surface area (Å²) in [5.41, 5.74) is 3.99. The molecule has 0 amide bonds. The zero-order valence-corrected chi connectivity index (χ0v) is 13.7. The number of fused-ring (bicyclic) bond motifs is 2. The molecule has 0 spiro atoms. The molecule has 2 aromatic rings. The monoisotopic (exact) mass is 324 g/mol. The second kappa shape index (κ2) is 5.84. The van der Waals surface area contributed by atoms with E-state index >= 15 is 0 Å². The van der Waals surface area contributed by atoms with Crippen LogP contribution in [0.15, 0.2) is 59.1 Å². The molecule has 23 heavy (non-hydrogen) atoms. The van der Waals surface area contributed by atoms with Crippen molar-refractivity contribution < 1.29 is 4.74 Å². The van der Waals surface area contributed by atoms with Crippen molar-refractivity contribution in [3.63, 3.8) is 0 Å². The van der Waals surface area contributed by atoms with Crippen LogP contribution in [0, 0.1) is 0 Å². The van der Waals surface area contributed by atoms with Gasteiger partial charge in [-0.3, -0.25) is 0 Å². The Morgan fingerprint density at radius 3 is 2.87 bits per heavy atom. The lowest BCUT2D eigenvalue weighted by Gasteiger charge is -2.24. The molecule has 2 heterocycles. The first-order chi connectivity index (χ1) is 11.2. The molecule has 3 nitrogen and oxygen atoms in total. The minimum absolute atomic E-state index is 0.691. The van der Waals surface area contributed by atoms with E-state index in [4.69, 9.17) is 21.3 Å². The number of rotatable bonds is 1. The van der Waals surface area contributed by atoms with Gasteiger partial charge in [-0.1, -0.05) is 29.8 Å². The van der Waals surface area contributed by atoms with Crippen molar-refractivity contribution >= 4 is 23.0 Å². The first-order valence-electron chi connectivity index (χ1n) is 7.74. The van der Waals surface area contributed by atoms with Gasteiger partial charge in [-0.2, -0.15) is 0 Å². The fourth-order valence-electron chi connectivity index (χ4n) is 3.02. The molecule has 0 aliphatic carbocycles. The van der Waals surface area contributed by atoms with Crippen molar-refractivity contribution in [2.75, 3.05) is 20.1 Å². The summed E-state index contributed by atoms with van der Waals surface area (Å²) in [5, 5.41) is 0.691. The van der Waals surface area contributed by atoms with Gasteiger partial charge in [0.25, 0.3) is 0 Å². The number of halogens is 1. The minimum Gasteiger partial charge on any atom is -0.454 e. The van der Waals surface area contributed by atoms with E-state index in [1.807, 2.05) is 42.5 Å². The van der Waals surface area contributed by atoms with Crippen LogP contribution < -0.4 is 4.74 Å². The van der Waals surface area contributed by atoms with Gasteiger partial charge in [-0.05, 0) is 49.4 Å². The van der Waals surface area contributed by atoms with Crippen molar-refractivity contribution in [2.24, 2.45) is 4.99 Å². The number of nitrogens with zero attached hydrogens (tertiary/aromatic N) is 2. The summed E-state index contributed by atoms with van der Waals surface area (Å²) in [6.07, 6.45) is 3.31. The number of ether oxygens (including phenoxy) is 1. The number of aliphatic imine (C=N–C) groups is 1. The molecule has 4 heteroatoms. The smallest absolute Gasteiger partial charge is 0.153 e. The lowest BCUT2D eigenvalue weighted by molar-refractivity contribution is 0.360. The van der Waals surface area contributed by atoms with Crippen LogP contribution in [0.3, 0.4) is 0 Å². The summed E-state index contributed by atoms with van der Waals surface area (Å²) < 4.78 is 6.09. The quantitative estimate of drug-likeness (QED) is 0.750. The Balaban J connectivity index is 1.92. The maximum Gasteiger partial charge on any atom is 0.153 e. The van der Waals surface area contributed by atoms with Gasteiger partial charge in [-0.15, -0.1) is 0 Å². The zero-order valence-electron chi connectivity index (χ0n) is 12.9. The Morgan fingerprint density at radius 1 is 1.13 bits per heavy atom. The van der Waals surface area contributed by atoms with E-state index in [2.05, 4.69) is 18.0 Å². The van der Waals surface area contributed by atoms with Crippen molar-refractivity contribution in [1.82, 2.24) is 4.90 Å². The molecule has 0 unspecified atom stereocenters. The van der Waals surface area contributed by atoms with Crippen LogP contribution in [0.4, 0.5) is 5.69 Å². The third-order valence-corrected chi connectivity index (χ3v) is 4.40. The van der Waals surface area contributed by atoms with Crippen LogP contribution in [0.5, 0.6) is 11.5 Å². The molecule has 0 saturated heterocycles. The first-order valence-corrected chi connectivity index (χ1v) is 8.12. The van der Waals surface area contributed by atoms with E-state index in [1.54, 1.807) is 0 Å². The largest absolute Gasteiger partial charge is 0.454 e. The van der Waals surface area contributed by atoms with Gasteiger partial charge in [0.15, 0.2) is 5.75 Å². The summed E-state index contributed by atoms with van der Waals surface area (Å²) >= 11 is 6.23. The molecule has 0 atom stereocenters. The SMILES string of the molecule is CN1CCC=C(C2=Nc3ccccc3Oc3ccc(Cl)cc32)C1. The lowest BCUT2D eigenvalue weighted by Crippen LogP contribution is -2.28. The Labute approximate surface area is 140 Å². The normalized spacial score (nSPS) is 17.3. The molecule has 0 bridgehead atoms. The number of likely N-dealkylation sites (N-methyl/N-ethyl adjacent to an activating group) is 1. The van der Waals surface area contributed by atoms with Crippen LogP contribution in [-0.4, -0.2) is 30.7 Å². The third-order valence-electron chi connectivity index (χ3n) is 4.16. The topological polar surface area (TPSA) is 24.8 Å². The summed E-state index contributed by atoms with van der Waals surface area (Å²) in [6, 6.07) is 13.6. The van der Waals surface area contributed by atoms with E-state index in [1.165, 1.54) is 5.57 Å². The summed E-state index contributed by atoms with van der Waals surface area (Å²) in [5.74, 6) is 1.57. The van der Waals surface area contributed by atoms with Crippen LogP contribution >= 0.6 is 11.6 Å². The van der Waals surface area contributed by atoms with E-state index < -0.39 is 0 Å². The van der Waals surface area contributed by atoms with Crippen LogP contribution in [0.2, 0.25) is 5.02 Å². The summed E-state index contributed by atoms with van der Waals surface area (Å²) in [6.45, 7) is 1.96. The van der Waals surface area contributed by atoms with Crippen LogP contribution in [-0.2, 0) is 0 Å². The molecular weight excluding hydrogens is 308 g/mol. The highest BCUT2D eigenvalue weighted by Gasteiger charge is 2.23. The van der Waals surface area contributed by atoms with Gasteiger partial charge in [-0.25, -0.2) is 4.99 Å². The van der Waals surface area contributed by atoms with E-state index in [0.29, 0.717) is 5.02 Å². The summed E-state index contributed by atoms with van der Waals surface area (Å²) in [7, 11) is 2.13. The van der Waals surface area contributed by atoms with Gasteiger partial charge in [0.05, 0.1) is 5.71 Å². The Hall–Kier alpha value is -2.10. The molecule has 2 aliphatic rings. The second-order valence-corrected chi connectivity index (χ2v) is 6.36. The standard InChI is InChI=1S/C19H17ClN2O/c1-22-10-4-5-13(12-22)19-15-11-14(20)8-9-17(15)23-18-7-3-2-6-16(18)21-19/h2-3,5-9,11H,4,10,12H2,1H3. The molecule has 0 N–H and O–H groups in total. The van der Waals surface area contributed by atoms with Crippen molar-refractivity contribution in [2.45, 2.75) is 6.42 Å². The maximum absolute atomic E-state index is 6.23. The maximum atomic E-state index is 6.23. The fourth-order valence-corrected chi connectivity index (χ4v) is 3.19. The van der Waals surface area contributed by atoms with Gasteiger partial charge < -0.3 is 9.64 Å². The molecule has 4 rings (SSSR count). The van der Waals surface area contributed by atoms with Crippen LogP contribution in [0.25, 0.3) is 0 Å². The molecule has 0 radical (unpaired) electrons. The Kier molecular flexibility index (Phi) is 3.68. The van der Waals surface area contributed by atoms with E-state index in [0.717, 1.165) is 48.0 Å². The second-order valence-electron chi connectivity index (χ2n) is 5.93. The molecular formula is C19H17ClN2O. The number of hydrogen-bond donors (Lipinski definition) is 0. The van der Waals surface area contributed by atoms with Crippen molar-refractivity contribution in [3.8, 4) is 11.5 Å². The number of para-hydroxylation sites is 2. The average Bonchev–Trinajstić information content (AvgIpc) is 2.71. The van der Waals surface area contributed by atoms with Gasteiger partial charge >= 0.3 is 0 Å². The summed E-state index contributed by atoms with van der Waals surface area (Å²) in [4.78, 5) is 7.22. The molecule has 0 saturated carbocycles. The van der Waals surface area contributed by atoms with E-state index in [-0.39, 0.29) is 0 Å². The molecule has 0 fully saturated rings. The molecule has 0 aromatic heterocycles. The molecule has 2 aromatic carbocycles. The highest BCUT2D eigenvalue weighted by atomic mass is 35.5. The van der Waals surface area contributed by atoms with Gasteiger partial charge in [0.1, 0.15) is 11.4 Å². The highest BCUT2D eigenvalue weighted by molar-refractivity contribution is 6.31. The van der Waals surface area contributed by atoms with Gasteiger partial charge in [0, 0.05) is 23.7 Å². The van der Waals surface area contributed by atoms with Gasteiger partial charge in [0.2, 0.25) is 0 Å². The molecule has 2 aliphatic heterocycles. The van der Waals surface area contributed by atoms with Crippen molar-refractivity contribution in [1.29, 1.82) is 0 Å². The zero-order chi connectivity index (χ0) is 15.8. The Bertz CT molecular complexity index is 826. The predicted octanol–water partition coefficient (Wildman–Crippen LogP) is 4.83. The van der Waals surface area contributed by atoms with Crippen molar-refractivity contribution in [3.05, 3.63) is 64.7 Å². The molecule has 116 valence electrons. The number of benzene rings is 2. The Morgan fingerprint density at radius 2 is 2.00 bits per heavy atom. The minimum atomic E-state index is 0.691. The average molecular weight is 325 g/mol. The third kappa shape index (κ3) is 2.78. The predicted molar refractivity (Wildman–Crippen MR) is 94.4 cm³/mol. The highest BCUT2D eigenvalue weighted by Crippen LogP contribution is 2.39. The fraction of sp³-hybridized carbons (Fsp3) is 0.211. The van der Waals surface area contributed by atoms with Crippen LogP contribution in [0.1, 0.15) is 12.0 Å².